The van der Waals surface area contributed by atoms with E-state index in [2.05, 4.69) is 9.84 Å². The van der Waals surface area contributed by atoms with Crippen molar-refractivity contribution in [3.63, 3.8) is 0 Å². The van der Waals surface area contributed by atoms with Crippen LogP contribution >= 0.6 is 0 Å². The summed E-state index contributed by atoms with van der Waals surface area (Å²) in [4.78, 5) is 12.4. The molecule has 0 aliphatic carbocycles. The molecule has 0 saturated heterocycles. The van der Waals surface area contributed by atoms with Gasteiger partial charge in [-0.3, -0.25) is 4.79 Å². The molecule has 1 N–H and O–H groups in total. The molecule has 23 heavy (non-hydrogen) atoms. The Morgan fingerprint density at radius 1 is 1.26 bits per heavy atom. The number of esters is 1. The molecule has 10 heteroatoms. The molecule has 0 fully saturated rings. The Morgan fingerprint density at radius 3 is 2.30 bits per heavy atom. The first-order valence-electron chi connectivity index (χ1n) is 6.44. The van der Waals surface area contributed by atoms with Crippen LogP contribution in [0.3, 0.4) is 0 Å². The standard InChI is InChI=1S/C13H15F3N2O4S/c1-3-22-12(19)8-11(13(14,15)16)17-18-23(20,21)10-6-4-9(2)5-7-10/h4-7,18H,3,8H2,1-2H3/b17-11-. The van der Waals surface area contributed by atoms with Crippen molar-refractivity contribution in [2.45, 2.75) is 31.3 Å². The molecule has 0 amide bonds. The van der Waals surface area contributed by atoms with E-state index < -0.39 is 34.3 Å². The van der Waals surface area contributed by atoms with E-state index in [0.29, 0.717) is 0 Å². The van der Waals surface area contributed by atoms with Crippen LogP contribution in [0.2, 0.25) is 0 Å². The van der Waals surface area contributed by atoms with Crippen LogP contribution in [0.4, 0.5) is 13.2 Å². The van der Waals surface area contributed by atoms with Crippen molar-refractivity contribution in [2.24, 2.45) is 5.10 Å². The second-order valence-corrected chi connectivity index (χ2v) is 6.11. The zero-order valence-corrected chi connectivity index (χ0v) is 13.2. The molecule has 0 aliphatic rings. The quantitative estimate of drug-likeness (QED) is 0.483. The minimum Gasteiger partial charge on any atom is -0.466 e. The number of ether oxygens (including phenoxy) is 1. The third-order valence-electron chi connectivity index (χ3n) is 2.58. The lowest BCUT2D eigenvalue weighted by Crippen LogP contribution is -2.30. The van der Waals surface area contributed by atoms with E-state index in [1.165, 1.54) is 36.0 Å². The Morgan fingerprint density at radius 2 is 1.83 bits per heavy atom. The number of rotatable bonds is 6. The van der Waals surface area contributed by atoms with Gasteiger partial charge in [-0.1, -0.05) is 17.7 Å². The molecule has 1 aromatic rings. The van der Waals surface area contributed by atoms with E-state index in [1.54, 1.807) is 6.92 Å². The van der Waals surface area contributed by atoms with E-state index in [0.717, 1.165) is 5.56 Å². The maximum Gasteiger partial charge on any atom is 0.431 e. The number of benzene rings is 1. The molecule has 0 radical (unpaired) electrons. The van der Waals surface area contributed by atoms with Gasteiger partial charge in [-0.25, -0.2) is 0 Å². The number of nitrogens with zero attached hydrogens (tertiary/aromatic N) is 1. The number of nitrogens with one attached hydrogen (secondary N) is 1. The molecule has 0 aliphatic heterocycles. The topological polar surface area (TPSA) is 84.8 Å². The summed E-state index contributed by atoms with van der Waals surface area (Å²) in [7, 11) is -4.27. The molecule has 0 unspecified atom stereocenters. The first kappa shape index (κ1) is 18.9. The van der Waals surface area contributed by atoms with Crippen molar-refractivity contribution in [3.05, 3.63) is 29.8 Å². The molecular formula is C13H15F3N2O4S. The van der Waals surface area contributed by atoms with Crippen molar-refractivity contribution >= 4 is 21.7 Å². The summed E-state index contributed by atoms with van der Waals surface area (Å²) in [5, 5.41) is 2.84. The lowest BCUT2D eigenvalue weighted by molar-refractivity contribution is -0.142. The van der Waals surface area contributed by atoms with E-state index in [9.17, 15) is 26.4 Å². The summed E-state index contributed by atoms with van der Waals surface area (Å²) in [6.45, 7) is 3.06. The SMILES string of the molecule is CCOC(=O)C/C(=N/NS(=O)(=O)c1ccc(C)cc1)C(F)(F)F. The molecule has 0 saturated carbocycles. The highest BCUT2D eigenvalue weighted by molar-refractivity contribution is 7.89. The van der Waals surface area contributed by atoms with Gasteiger partial charge in [-0.15, -0.1) is 0 Å². The van der Waals surface area contributed by atoms with Crippen LogP contribution < -0.4 is 4.83 Å². The predicted molar refractivity (Wildman–Crippen MR) is 76.2 cm³/mol. The Bertz CT molecular complexity index is 682. The number of carbonyl (C=O) groups excluding carboxylic acids is 1. The van der Waals surface area contributed by atoms with Crippen LogP contribution in [0, 0.1) is 6.92 Å². The molecule has 0 atom stereocenters. The summed E-state index contributed by atoms with van der Waals surface area (Å²) >= 11 is 0. The zero-order chi connectivity index (χ0) is 17.7. The minimum absolute atomic E-state index is 0.0982. The van der Waals surface area contributed by atoms with Gasteiger partial charge in [0.25, 0.3) is 10.0 Å². The van der Waals surface area contributed by atoms with Crippen molar-refractivity contribution in [3.8, 4) is 0 Å². The van der Waals surface area contributed by atoms with Gasteiger partial charge in [0.15, 0.2) is 5.71 Å². The molecule has 0 bridgehead atoms. The molecule has 6 nitrogen and oxygen atoms in total. The summed E-state index contributed by atoms with van der Waals surface area (Å²) in [6.07, 6.45) is -6.16. The summed E-state index contributed by atoms with van der Waals surface area (Å²) in [6, 6.07) is 5.43. The van der Waals surface area contributed by atoms with Crippen LogP contribution in [-0.4, -0.2) is 32.9 Å². The minimum atomic E-state index is -4.97. The largest absolute Gasteiger partial charge is 0.466 e. The second-order valence-electron chi connectivity index (χ2n) is 4.45. The fourth-order valence-electron chi connectivity index (χ4n) is 1.44. The Labute approximate surface area is 131 Å². The molecule has 0 aromatic heterocycles. The number of alkyl halides is 3. The molecule has 1 aromatic carbocycles. The van der Waals surface area contributed by atoms with Crippen LogP contribution in [0.1, 0.15) is 18.9 Å². The molecular weight excluding hydrogens is 337 g/mol. The second kappa shape index (κ2) is 7.44. The van der Waals surface area contributed by atoms with Crippen molar-refractivity contribution in [2.75, 3.05) is 6.61 Å². The smallest absolute Gasteiger partial charge is 0.431 e. The van der Waals surface area contributed by atoms with Gasteiger partial charge in [0.1, 0.15) is 0 Å². The normalized spacial score (nSPS) is 12.8. The van der Waals surface area contributed by atoms with Gasteiger partial charge in [0, 0.05) is 0 Å². The Hall–Kier alpha value is -2.10. The number of hydrogen-bond acceptors (Lipinski definition) is 5. The molecule has 0 heterocycles. The predicted octanol–water partition coefficient (Wildman–Crippen LogP) is 2.14. The van der Waals surface area contributed by atoms with Gasteiger partial charge in [-0.2, -0.15) is 31.5 Å². The van der Waals surface area contributed by atoms with E-state index >= 15 is 0 Å². The fourth-order valence-corrected chi connectivity index (χ4v) is 2.27. The third-order valence-corrected chi connectivity index (χ3v) is 3.80. The molecule has 1 rings (SSSR count). The lowest BCUT2D eigenvalue weighted by Gasteiger charge is -2.11. The van der Waals surface area contributed by atoms with Crippen molar-refractivity contribution in [1.82, 2.24) is 4.83 Å². The average molecular weight is 352 g/mol. The highest BCUT2D eigenvalue weighted by Crippen LogP contribution is 2.20. The van der Waals surface area contributed by atoms with Gasteiger partial charge in [0.2, 0.25) is 0 Å². The van der Waals surface area contributed by atoms with Crippen molar-refractivity contribution < 1.29 is 31.1 Å². The van der Waals surface area contributed by atoms with Crippen LogP contribution in [0.5, 0.6) is 0 Å². The summed E-state index contributed by atoms with van der Waals surface area (Å²) in [5.74, 6) is -1.15. The highest BCUT2D eigenvalue weighted by Gasteiger charge is 2.38. The molecule has 128 valence electrons. The Kier molecular flexibility index (Phi) is 6.13. The maximum absolute atomic E-state index is 12.8. The van der Waals surface area contributed by atoms with Gasteiger partial charge in [0.05, 0.1) is 17.9 Å². The fraction of sp³-hybridized carbons (Fsp3) is 0.385. The van der Waals surface area contributed by atoms with Crippen molar-refractivity contribution in [1.29, 1.82) is 0 Å². The third kappa shape index (κ3) is 5.89. The molecule has 0 spiro atoms. The first-order chi connectivity index (χ1) is 10.6. The zero-order valence-electron chi connectivity index (χ0n) is 12.3. The lowest BCUT2D eigenvalue weighted by atomic mass is 10.2. The van der Waals surface area contributed by atoms with E-state index in [4.69, 9.17) is 0 Å². The number of hydrogen-bond donors (Lipinski definition) is 1. The number of sulfonamides is 1. The number of aryl methyl sites for hydroxylation is 1. The van der Waals surface area contributed by atoms with E-state index in [-0.39, 0.29) is 11.5 Å². The Balaban J connectivity index is 2.99. The highest BCUT2D eigenvalue weighted by atomic mass is 32.2. The average Bonchev–Trinajstić information content (AvgIpc) is 2.43. The number of halogens is 3. The maximum atomic E-state index is 12.8. The monoisotopic (exact) mass is 352 g/mol. The summed E-state index contributed by atoms with van der Waals surface area (Å²) in [5.41, 5.74) is -0.808. The van der Waals surface area contributed by atoms with Gasteiger partial charge in [-0.05, 0) is 26.0 Å². The van der Waals surface area contributed by atoms with Gasteiger partial charge >= 0.3 is 12.1 Å². The first-order valence-corrected chi connectivity index (χ1v) is 7.92. The number of carbonyl (C=O) groups is 1. The van der Waals surface area contributed by atoms with Crippen LogP contribution in [-0.2, 0) is 19.6 Å². The summed E-state index contributed by atoms with van der Waals surface area (Å²) < 4.78 is 66.5. The number of hydrazone groups is 1. The van der Waals surface area contributed by atoms with Crippen LogP contribution in [0.15, 0.2) is 34.3 Å². The van der Waals surface area contributed by atoms with Gasteiger partial charge < -0.3 is 4.74 Å². The van der Waals surface area contributed by atoms with Crippen LogP contribution in [0.25, 0.3) is 0 Å². The van der Waals surface area contributed by atoms with E-state index in [1.807, 2.05) is 0 Å².